The van der Waals surface area contributed by atoms with E-state index >= 15 is 0 Å². The van der Waals surface area contributed by atoms with E-state index in [1.807, 2.05) is 12.1 Å². The van der Waals surface area contributed by atoms with Gasteiger partial charge in [0, 0.05) is 30.5 Å². The Morgan fingerprint density at radius 3 is 2.57 bits per heavy atom. The molecule has 1 aromatic carbocycles. The molecule has 0 saturated carbocycles. The van der Waals surface area contributed by atoms with Crippen molar-refractivity contribution in [2.24, 2.45) is 0 Å². The first-order valence-corrected chi connectivity index (χ1v) is 8.71. The summed E-state index contributed by atoms with van der Waals surface area (Å²) in [6, 6.07) is 8.33. The monoisotopic (exact) mass is 382 g/mol. The molecule has 1 unspecified atom stereocenters. The van der Waals surface area contributed by atoms with Crippen LogP contribution in [0, 0.1) is 0 Å². The van der Waals surface area contributed by atoms with Gasteiger partial charge < -0.3 is 10.0 Å². The Labute approximate surface area is 145 Å². The summed E-state index contributed by atoms with van der Waals surface area (Å²) < 4.78 is 1.07. The van der Waals surface area contributed by atoms with Crippen molar-refractivity contribution < 1.29 is 14.7 Å². The Kier molecular flexibility index (Phi) is 6.59. The van der Waals surface area contributed by atoms with Crippen molar-refractivity contribution in [1.29, 1.82) is 0 Å². The molecule has 1 fully saturated rings. The summed E-state index contributed by atoms with van der Waals surface area (Å²) in [4.78, 5) is 26.6. The summed E-state index contributed by atoms with van der Waals surface area (Å²) in [6.07, 6.45) is 2.66. The van der Waals surface area contributed by atoms with E-state index in [1.54, 1.807) is 0 Å². The number of carbonyl (C=O) groups is 2. The number of benzene rings is 1. The molecule has 1 saturated heterocycles. The number of carbonyl (C=O) groups excluding carboxylic acids is 1. The molecule has 2 rings (SSSR count). The van der Waals surface area contributed by atoms with Crippen LogP contribution in [0.3, 0.4) is 0 Å². The largest absolute Gasteiger partial charge is 0.480 e. The molecular formula is C17H23BrN2O3. The average molecular weight is 383 g/mol. The maximum atomic E-state index is 11.7. The Morgan fingerprint density at radius 2 is 1.96 bits per heavy atom. The minimum atomic E-state index is -0.948. The molecule has 0 aliphatic carbocycles. The van der Waals surface area contributed by atoms with Gasteiger partial charge in [-0.2, -0.15) is 0 Å². The minimum absolute atomic E-state index is 0.0264. The predicted molar refractivity (Wildman–Crippen MR) is 92.1 cm³/mol. The molecule has 6 heteroatoms. The van der Waals surface area contributed by atoms with Gasteiger partial charge in [0.05, 0.1) is 0 Å². The van der Waals surface area contributed by atoms with Crippen molar-refractivity contribution >= 4 is 27.8 Å². The molecule has 23 heavy (non-hydrogen) atoms. The number of aliphatic carboxylic acids is 1. The fourth-order valence-electron chi connectivity index (χ4n) is 3.10. The lowest BCUT2D eigenvalue weighted by atomic mass is 10.1. The lowest BCUT2D eigenvalue weighted by Crippen LogP contribution is -2.42. The van der Waals surface area contributed by atoms with Crippen molar-refractivity contribution in [3.63, 3.8) is 0 Å². The summed E-state index contributed by atoms with van der Waals surface area (Å²) in [6.45, 7) is 3.99. The molecule has 1 heterocycles. The van der Waals surface area contributed by atoms with Crippen LogP contribution in [0.25, 0.3) is 0 Å². The Morgan fingerprint density at radius 1 is 1.26 bits per heavy atom. The van der Waals surface area contributed by atoms with E-state index in [2.05, 4.69) is 33.0 Å². The molecule has 0 bridgehead atoms. The molecule has 1 N–H and O–H groups in total. The Hall–Kier alpha value is -1.40. The van der Waals surface area contributed by atoms with E-state index in [4.69, 9.17) is 5.11 Å². The van der Waals surface area contributed by atoms with Crippen LogP contribution >= 0.6 is 15.9 Å². The second-order valence-electron chi connectivity index (χ2n) is 6.03. The van der Waals surface area contributed by atoms with Gasteiger partial charge in [0.1, 0.15) is 6.54 Å². The van der Waals surface area contributed by atoms with Gasteiger partial charge in [0.2, 0.25) is 5.91 Å². The third-order valence-corrected chi connectivity index (χ3v) is 4.79. The number of carboxylic acids is 1. The summed E-state index contributed by atoms with van der Waals surface area (Å²) in [7, 11) is 0. The number of halogens is 1. The molecule has 1 amide bonds. The highest BCUT2D eigenvalue weighted by molar-refractivity contribution is 9.10. The van der Waals surface area contributed by atoms with Gasteiger partial charge in [-0.3, -0.25) is 14.5 Å². The Bertz CT molecular complexity index is 547. The molecule has 0 radical (unpaired) electrons. The van der Waals surface area contributed by atoms with Crippen molar-refractivity contribution in [1.82, 2.24) is 9.80 Å². The van der Waals surface area contributed by atoms with E-state index in [9.17, 15) is 9.59 Å². The third-order valence-electron chi connectivity index (χ3n) is 4.26. The number of carboxylic acid groups (broad SMARTS) is 1. The number of hydrogen-bond donors (Lipinski definition) is 1. The standard InChI is InChI=1S/C17H23BrN2O3/c1-13(21)20(12-17(22)23)16-3-2-9-19(10-8-16)11-14-4-6-15(18)7-5-14/h4-7,16H,2-3,8-12H2,1H3,(H,22,23). The van der Waals surface area contributed by atoms with Gasteiger partial charge in [-0.05, 0) is 43.5 Å². The van der Waals surface area contributed by atoms with Gasteiger partial charge in [0.15, 0.2) is 0 Å². The number of amides is 1. The molecule has 126 valence electrons. The zero-order valence-corrected chi connectivity index (χ0v) is 15.0. The van der Waals surface area contributed by atoms with Crippen molar-refractivity contribution in [3.8, 4) is 0 Å². The summed E-state index contributed by atoms with van der Waals surface area (Å²) in [5.41, 5.74) is 1.26. The first-order valence-electron chi connectivity index (χ1n) is 7.91. The first kappa shape index (κ1) is 17.9. The lowest BCUT2D eigenvalue weighted by molar-refractivity contribution is -0.145. The van der Waals surface area contributed by atoms with Crippen LogP contribution in [-0.2, 0) is 16.1 Å². The van der Waals surface area contributed by atoms with Crippen LogP contribution in [0.15, 0.2) is 28.7 Å². The van der Waals surface area contributed by atoms with E-state index < -0.39 is 5.97 Å². The molecule has 1 aliphatic rings. The topological polar surface area (TPSA) is 60.9 Å². The first-order chi connectivity index (χ1) is 11.0. The summed E-state index contributed by atoms with van der Waals surface area (Å²) >= 11 is 3.44. The van der Waals surface area contributed by atoms with Crippen LogP contribution in [-0.4, -0.2) is 52.5 Å². The van der Waals surface area contributed by atoms with Crippen LogP contribution < -0.4 is 0 Å². The lowest BCUT2D eigenvalue weighted by Gasteiger charge is -2.29. The average Bonchev–Trinajstić information content (AvgIpc) is 2.72. The van der Waals surface area contributed by atoms with Gasteiger partial charge in [0.25, 0.3) is 0 Å². The summed E-state index contributed by atoms with van der Waals surface area (Å²) in [5.74, 6) is -1.10. The van der Waals surface area contributed by atoms with Crippen LogP contribution in [0.1, 0.15) is 31.7 Å². The van der Waals surface area contributed by atoms with Gasteiger partial charge in [-0.15, -0.1) is 0 Å². The van der Waals surface area contributed by atoms with Crippen molar-refractivity contribution in [2.75, 3.05) is 19.6 Å². The maximum absolute atomic E-state index is 11.7. The predicted octanol–water partition coefficient (Wildman–Crippen LogP) is 2.74. The second kappa shape index (κ2) is 8.45. The van der Waals surface area contributed by atoms with E-state index in [-0.39, 0.29) is 18.5 Å². The number of hydrogen-bond acceptors (Lipinski definition) is 3. The molecule has 0 spiro atoms. The number of likely N-dealkylation sites (tertiary alicyclic amines) is 1. The van der Waals surface area contributed by atoms with Crippen LogP contribution in [0.5, 0.6) is 0 Å². The molecule has 1 aromatic rings. The zero-order valence-electron chi connectivity index (χ0n) is 13.4. The molecule has 1 atom stereocenters. The number of rotatable bonds is 5. The van der Waals surface area contributed by atoms with Gasteiger partial charge in [-0.25, -0.2) is 0 Å². The molecule has 0 aromatic heterocycles. The SMILES string of the molecule is CC(=O)N(CC(=O)O)C1CCCN(Cc2ccc(Br)cc2)CC1. The van der Waals surface area contributed by atoms with Gasteiger partial charge in [-0.1, -0.05) is 28.1 Å². The number of nitrogens with zero attached hydrogens (tertiary/aromatic N) is 2. The molecule has 1 aliphatic heterocycles. The summed E-state index contributed by atoms with van der Waals surface area (Å²) in [5, 5.41) is 8.99. The quantitative estimate of drug-likeness (QED) is 0.850. The highest BCUT2D eigenvalue weighted by atomic mass is 79.9. The fourth-order valence-corrected chi connectivity index (χ4v) is 3.36. The third kappa shape index (κ3) is 5.62. The van der Waals surface area contributed by atoms with E-state index in [0.29, 0.717) is 0 Å². The normalized spacial score (nSPS) is 19.1. The van der Waals surface area contributed by atoms with E-state index in [1.165, 1.54) is 17.4 Å². The smallest absolute Gasteiger partial charge is 0.323 e. The zero-order chi connectivity index (χ0) is 16.8. The highest BCUT2D eigenvalue weighted by Gasteiger charge is 2.26. The van der Waals surface area contributed by atoms with Crippen LogP contribution in [0.2, 0.25) is 0 Å². The molecule has 5 nitrogen and oxygen atoms in total. The van der Waals surface area contributed by atoms with E-state index in [0.717, 1.165) is 43.4 Å². The van der Waals surface area contributed by atoms with Crippen LogP contribution in [0.4, 0.5) is 0 Å². The highest BCUT2D eigenvalue weighted by Crippen LogP contribution is 2.19. The van der Waals surface area contributed by atoms with Crippen molar-refractivity contribution in [3.05, 3.63) is 34.3 Å². The fraction of sp³-hybridized carbons (Fsp3) is 0.529. The van der Waals surface area contributed by atoms with Gasteiger partial charge >= 0.3 is 5.97 Å². The minimum Gasteiger partial charge on any atom is -0.480 e. The Balaban J connectivity index is 1.94. The second-order valence-corrected chi connectivity index (χ2v) is 6.94. The van der Waals surface area contributed by atoms with Crippen molar-refractivity contribution in [2.45, 2.75) is 38.8 Å². The maximum Gasteiger partial charge on any atom is 0.323 e. The molecular weight excluding hydrogens is 360 g/mol.